The van der Waals surface area contributed by atoms with Crippen LogP contribution in [0.25, 0.3) is 5.69 Å². The first kappa shape index (κ1) is 8.36. The van der Waals surface area contributed by atoms with Crippen LogP contribution in [0.2, 0.25) is 0 Å². The third kappa shape index (κ3) is 1.45. The molecule has 0 saturated heterocycles. The van der Waals surface area contributed by atoms with E-state index in [1.807, 2.05) is 0 Å². The molecule has 0 aliphatic heterocycles. The molecule has 0 aliphatic carbocycles. The van der Waals surface area contributed by atoms with E-state index in [4.69, 9.17) is 5.11 Å². The van der Waals surface area contributed by atoms with Crippen LogP contribution in [0.1, 0.15) is 10.5 Å². The van der Waals surface area contributed by atoms with Crippen molar-refractivity contribution in [3.05, 3.63) is 36.7 Å². The number of nitrogens with zero attached hydrogens (tertiary/aromatic N) is 4. The van der Waals surface area contributed by atoms with E-state index in [9.17, 15) is 4.79 Å². The molecule has 2 rings (SSSR count). The van der Waals surface area contributed by atoms with Gasteiger partial charge in [0, 0.05) is 12.4 Å². The molecule has 0 radical (unpaired) electrons. The van der Waals surface area contributed by atoms with Crippen molar-refractivity contribution in [3.63, 3.8) is 0 Å². The van der Waals surface area contributed by atoms with Gasteiger partial charge in [-0.2, -0.15) is 5.10 Å². The summed E-state index contributed by atoms with van der Waals surface area (Å²) in [6.07, 6.45) is 6.32. The van der Waals surface area contributed by atoms with Crippen LogP contribution >= 0.6 is 0 Å². The Bertz CT molecular complexity index is 452. The van der Waals surface area contributed by atoms with E-state index in [-0.39, 0.29) is 5.69 Å². The summed E-state index contributed by atoms with van der Waals surface area (Å²) in [5.74, 6) is -1.10. The molecule has 2 heterocycles. The quantitative estimate of drug-likeness (QED) is 0.739. The van der Waals surface area contributed by atoms with Gasteiger partial charge in [-0.1, -0.05) is 0 Å². The van der Waals surface area contributed by atoms with Gasteiger partial charge >= 0.3 is 5.97 Å². The Morgan fingerprint density at radius 3 is 3.00 bits per heavy atom. The van der Waals surface area contributed by atoms with Gasteiger partial charge in [0.05, 0.1) is 18.2 Å². The van der Waals surface area contributed by atoms with Gasteiger partial charge in [0.15, 0.2) is 5.69 Å². The number of aromatic carboxylic acids is 1. The fourth-order valence-electron chi connectivity index (χ4n) is 1.01. The van der Waals surface area contributed by atoms with Crippen molar-refractivity contribution in [3.8, 4) is 5.69 Å². The van der Waals surface area contributed by atoms with Crippen molar-refractivity contribution >= 4 is 5.97 Å². The predicted molar refractivity (Wildman–Crippen MR) is 46.1 cm³/mol. The van der Waals surface area contributed by atoms with Crippen LogP contribution in [0.3, 0.4) is 0 Å². The summed E-state index contributed by atoms with van der Waals surface area (Å²) in [6, 6.07) is 1.43. The van der Waals surface area contributed by atoms with Crippen LogP contribution in [0.5, 0.6) is 0 Å². The Morgan fingerprint density at radius 1 is 1.50 bits per heavy atom. The lowest BCUT2D eigenvalue weighted by atomic mass is 10.3. The minimum absolute atomic E-state index is 0.0869. The minimum atomic E-state index is -1.10. The number of aromatic nitrogens is 4. The lowest BCUT2D eigenvalue weighted by molar-refractivity contribution is 0.0689. The largest absolute Gasteiger partial charge is 0.476 e. The molecule has 0 unspecified atom stereocenters. The molecule has 6 nitrogen and oxygen atoms in total. The van der Waals surface area contributed by atoms with Crippen LogP contribution in [0, 0.1) is 0 Å². The van der Waals surface area contributed by atoms with Crippen molar-refractivity contribution in [2.24, 2.45) is 0 Å². The molecule has 0 amide bonds. The van der Waals surface area contributed by atoms with Gasteiger partial charge in [-0.25, -0.2) is 9.78 Å². The highest BCUT2D eigenvalue weighted by atomic mass is 16.4. The number of rotatable bonds is 2. The normalized spacial score (nSPS) is 10.0. The number of carboxylic acid groups (broad SMARTS) is 1. The molecule has 0 atom stereocenters. The Morgan fingerprint density at radius 2 is 2.36 bits per heavy atom. The second kappa shape index (κ2) is 3.25. The molecule has 0 aromatic carbocycles. The molecule has 0 fully saturated rings. The first-order chi connectivity index (χ1) is 6.77. The van der Waals surface area contributed by atoms with Crippen LogP contribution in [-0.4, -0.2) is 30.8 Å². The summed E-state index contributed by atoms with van der Waals surface area (Å²) in [7, 11) is 0. The molecule has 0 bridgehead atoms. The Labute approximate surface area is 78.9 Å². The average Bonchev–Trinajstić information content (AvgIpc) is 2.71. The molecule has 0 spiro atoms. The van der Waals surface area contributed by atoms with E-state index in [1.165, 1.54) is 12.3 Å². The zero-order chi connectivity index (χ0) is 9.97. The number of carboxylic acids is 1. The topological polar surface area (TPSA) is 80.9 Å². The van der Waals surface area contributed by atoms with E-state index >= 15 is 0 Å². The van der Waals surface area contributed by atoms with Gasteiger partial charge in [0.1, 0.15) is 0 Å². The van der Waals surface area contributed by atoms with Crippen LogP contribution in [0.4, 0.5) is 0 Å². The van der Waals surface area contributed by atoms with Gasteiger partial charge in [0.25, 0.3) is 0 Å². The fourth-order valence-corrected chi connectivity index (χ4v) is 1.01. The van der Waals surface area contributed by atoms with Crippen molar-refractivity contribution in [1.82, 2.24) is 19.7 Å². The van der Waals surface area contributed by atoms with Crippen molar-refractivity contribution in [1.29, 1.82) is 0 Å². The lowest BCUT2D eigenvalue weighted by Crippen LogP contribution is -2.03. The van der Waals surface area contributed by atoms with Gasteiger partial charge in [0.2, 0.25) is 0 Å². The number of imidazole rings is 1. The standard InChI is InChI=1S/C8H6N4O2/c13-8(14)7-3-6(4-10-11-7)12-2-1-9-5-12/h1-5H,(H,13,14). The number of hydrogen-bond donors (Lipinski definition) is 1. The zero-order valence-electron chi connectivity index (χ0n) is 7.03. The molecule has 0 saturated carbocycles. The van der Waals surface area contributed by atoms with Crippen LogP contribution in [-0.2, 0) is 0 Å². The molecule has 1 N–H and O–H groups in total. The third-order valence-corrected chi connectivity index (χ3v) is 1.66. The van der Waals surface area contributed by atoms with E-state index in [0.717, 1.165) is 0 Å². The van der Waals surface area contributed by atoms with Crippen molar-refractivity contribution in [2.75, 3.05) is 0 Å². The van der Waals surface area contributed by atoms with Crippen LogP contribution < -0.4 is 0 Å². The van der Waals surface area contributed by atoms with E-state index < -0.39 is 5.97 Å². The summed E-state index contributed by atoms with van der Waals surface area (Å²) in [4.78, 5) is 14.4. The second-order valence-electron chi connectivity index (χ2n) is 2.57. The summed E-state index contributed by atoms with van der Waals surface area (Å²) < 4.78 is 1.65. The van der Waals surface area contributed by atoms with E-state index in [1.54, 1.807) is 23.3 Å². The summed E-state index contributed by atoms with van der Waals surface area (Å²) in [5, 5.41) is 15.7. The summed E-state index contributed by atoms with van der Waals surface area (Å²) in [6.45, 7) is 0. The number of carbonyl (C=O) groups is 1. The first-order valence-electron chi connectivity index (χ1n) is 3.82. The maximum absolute atomic E-state index is 10.6. The minimum Gasteiger partial charge on any atom is -0.476 e. The molecule has 14 heavy (non-hydrogen) atoms. The predicted octanol–water partition coefficient (Wildman–Crippen LogP) is 0.360. The third-order valence-electron chi connectivity index (χ3n) is 1.66. The van der Waals surface area contributed by atoms with E-state index in [0.29, 0.717) is 5.69 Å². The number of hydrogen-bond acceptors (Lipinski definition) is 4. The monoisotopic (exact) mass is 190 g/mol. The summed E-state index contributed by atoms with van der Waals surface area (Å²) in [5.41, 5.74) is 0.533. The molecule has 6 heteroatoms. The summed E-state index contributed by atoms with van der Waals surface area (Å²) >= 11 is 0. The van der Waals surface area contributed by atoms with Gasteiger partial charge in [-0.05, 0) is 6.07 Å². The highest BCUT2D eigenvalue weighted by molar-refractivity contribution is 5.85. The molecular weight excluding hydrogens is 184 g/mol. The Hall–Kier alpha value is -2.24. The molecule has 70 valence electrons. The van der Waals surface area contributed by atoms with Crippen LogP contribution in [0.15, 0.2) is 31.0 Å². The Kier molecular flexibility index (Phi) is 1.94. The maximum Gasteiger partial charge on any atom is 0.356 e. The fraction of sp³-hybridized carbons (Fsp3) is 0. The SMILES string of the molecule is O=C(O)c1cc(-n2ccnc2)cnn1. The van der Waals surface area contributed by atoms with Crippen molar-refractivity contribution < 1.29 is 9.90 Å². The second-order valence-corrected chi connectivity index (χ2v) is 2.57. The smallest absolute Gasteiger partial charge is 0.356 e. The Balaban J connectivity index is 2.46. The zero-order valence-corrected chi connectivity index (χ0v) is 7.03. The van der Waals surface area contributed by atoms with Gasteiger partial charge in [-0.15, -0.1) is 5.10 Å². The molecule has 2 aromatic rings. The highest BCUT2D eigenvalue weighted by Crippen LogP contribution is 2.05. The van der Waals surface area contributed by atoms with Crippen molar-refractivity contribution in [2.45, 2.75) is 0 Å². The average molecular weight is 190 g/mol. The van der Waals surface area contributed by atoms with E-state index in [2.05, 4.69) is 15.2 Å². The molecule has 0 aliphatic rings. The molecular formula is C8H6N4O2. The lowest BCUT2D eigenvalue weighted by Gasteiger charge is -2.00. The molecule has 2 aromatic heterocycles. The van der Waals surface area contributed by atoms with Gasteiger partial charge < -0.3 is 9.67 Å². The highest BCUT2D eigenvalue weighted by Gasteiger charge is 2.06. The first-order valence-corrected chi connectivity index (χ1v) is 3.82. The maximum atomic E-state index is 10.6. The van der Waals surface area contributed by atoms with Gasteiger partial charge in [-0.3, -0.25) is 0 Å².